The van der Waals surface area contributed by atoms with Crippen LogP contribution in [-0.2, 0) is 35.8 Å². The van der Waals surface area contributed by atoms with Crippen LogP contribution in [0.1, 0.15) is 38.1 Å². The number of benzene rings is 1. The zero-order valence-electron chi connectivity index (χ0n) is 25.2. The normalized spacial score (nSPS) is 19.9. The molecule has 2 heterocycles. The van der Waals surface area contributed by atoms with Crippen LogP contribution in [0.2, 0.25) is 0 Å². The van der Waals surface area contributed by atoms with Crippen molar-refractivity contribution in [2.75, 3.05) is 38.8 Å². The van der Waals surface area contributed by atoms with Gasteiger partial charge in [-0.3, -0.25) is 0 Å². The lowest BCUT2D eigenvalue weighted by molar-refractivity contribution is -0.668. The number of methoxy groups -OCH3 is 2. The highest BCUT2D eigenvalue weighted by molar-refractivity contribution is 8.04. The topological polar surface area (TPSA) is 138 Å². The maximum Gasteiger partial charge on any atom is 0.283 e. The molecule has 15 heteroatoms. The van der Waals surface area contributed by atoms with Crippen LogP contribution in [-0.4, -0.2) is 76.4 Å². The summed E-state index contributed by atoms with van der Waals surface area (Å²) in [6.07, 6.45) is 11.6. The van der Waals surface area contributed by atoms with Crippen LogP contribution in [0.25, 0.3) is 16.3 Å². The fraction of sp³-hybridized carbons (Fsp3) is 0.483. The molecule has 242 valence electrons. The zero-order chi connectivity index (χ0) is 31.9. The second-order valence-electron chi connectivity index (χ2n) is 10.2. The Morgan fingerprint density at radius 1 is 1.14 bits per heavy atom. The Morgan fingerprint density at radius 2 is 1.93 bits per heavy atom. The highest BCUT2D eigenvalue weighted by Gasteiger charge is 2.37. The maximum absolute atomic E-state index is 12.3. The molecular weight excluding hydrogens is 647 g/mol. The van der Waals surface area contributed by atoms with Crippen LogP contribution in [0.15, 0.2) is 58.9 Å². The molecule has 0 radical (unpaired) electrons. The number of allylic oxidation sites excluding steroid dienone is 3. The van der Waals surface area contributed by atoms with Gasteiger partial charge in [0.05, 0.1) is 52.5 Å². The molecule has 0 bridgehead atoms. The van der Waals surface area contributed by atoms with Gasteiger partial charge in [-0.05, 0) is 48.8 Å². The van der Waals surface area contributed by atoms with E-state index in [0.717, 1.165) is 38.0 Å². The predicted molar refractivity (Wildman–Crippen MR) is 173 cm³/mol. The summed E-state index contributed by atoms with van der Waals surface area (Å²) in [6, 6.07) is 5.82. The van der Waals surface area contributed by atoms with Gasteiger partial charge in [0.15, 0.2) is 6.54 Å². The van der Waals surface area contributed by atoms with Gasteiger partial charge >= 0.3 is 0 Å². The summed E-state index contributed by atoms with van der Waals surface area (Å²) < 4.78 is 77.4. The molecule has 1 saturated heterocycles. The van der Waals surface area contributed by atoms with Crippen molar-refractivity contribution in [3.8, 4) is 5.75 Å². The van der Waals surface area contributed by atoms with Gasteiger partial charge in [-0.25, -0.2) is 8.42 Å². The predicted octanol–water partition coefficient (Wildman–Crippen LogP) is 3.91. The van der Waals surface area contributed by atoms with Crippen molar-refractivity contribution in [1.82, 2.24) is 10.4 Å². The Labute approximate surface area is 268 Å². The Hall–Kier alpha value is -2.40. The number of ether oxygens (including phenoxy) is 2. The second-order valence-corrected chi connectivity index (χ2v) is 15.7. The second kappa shape index (κ2) is 15.3. The molecule has 1 aromatic carbocycles. The van der Waals surface area contributed by atoms with Gasteiger partial charge in [-0.1, -0.05) is 43.0 Å². The molecule has 0 saturated carbocycles. The molecule has 1 aromatic heterocycles. The van der Waals surface area contributed by atoms with Crippen molar-refractivity contribution in [2.45, 2.75) is 50.9 Å². The summed E-state index contributed by atoms with van der Waals surface area (Å²) in [6.45, 7) is 5.06. The zero-order valence-corrected chi connectivity index (χ0v) is 28.5. The Balaban J connectivity index is 1.68. The summed E-state index contributed by atoms with van der Waals surface area (Å²) in [7, 11) is -4.81. The highest BCUT2D eigenvalue weighted by atomic mass is 32.2. The number of nitrogens with one attached hydrogen (secondary N) is 1. The number of hydroxylamine groups is 1. The summed E-state index contributed by atoms with van der Waals surface area (Å²) >= 11 is 3.30. The van der Waals surface area contributed by atoms with Gasteiger partial charge in [-0.15, -0.1) is 0 Å². The van der Waals surface area contributed by atoms with Crippen molar-refractivity contribution in [2.24, 2.45) is 0 Å². The number of aryl methyl sites for hydroxylation is 1. The third-order valence-electron chi connectivity index (χ3n) is 7.12. The fourth-order valence-electron chi connectivity index (χ4n) is 4.98. The van der Waals surface area contributed by atoms with E-state index in [4.69, 9.17) is 13.8 Å². The van der Waals surface area contributed by atoms with Gasteiger partial charge in [0, 0.05) is 31.3 Å². The lowest BCUT2D eigenvalue weighted by atomic mass is 10.1. The van der Waals surface area contributed by atoms with E-state index in [9.17, 15) is 21.4 Å². The van der Waals surface area contributed by atoms with E-state index < -0.39 is 26.0 Å². The number of thiazole rings is 1. The van der Waals surface area contributed by atoms with Crippen LogP contribution < -0.4 is 14.8 Å². The third-order valence-corrected chi connectivity index (χ3v) is 11.5. The van der Waals surface area contributed by atoms with Crippen molar-refractivity contribution in [3.63, 3.8) is 0 Å². The van der Waals surface area contributed by atoms with E-state index in [0.29, 0.717) is 31.8 Å². The molecule has 1 aliphatic carbocycles. The molecule has 2 unspecified atom stereocenters. The van der Waals surface area contributed by atoms with E-state index >= 15 is 0 Å². The smallest absolute Gasteiger partial charge is 0.283 e. The molecule has 2 atom stereocenters. The molecule has 1 N–H and O–H groups in total. The van der Waals surface area contributed by atoms with Gasteiger partial charge in [0.1, 0.15) is 16.2 Å². The first-order valence-corrected chi connectivity index (χ1v) is 19.2. The molecule has 1 fully saturated rings. The molecule has 0 spiro atoms. The number of aromatic nitrogens is 1. The molecule has 2 aliphatic rings. The molecule has 0 amide bonds. The minimum absolute atomic E-state index is 0.0354. The SMILES string of the molecule is CCNOS(=O)(=O)CCC[n+]1c(C=C(C=C2SC3C=CC(OC)=CC3N2CCCS(=O)(=O)[O-])CC)sc2ccc(OC)cc21. The first-order valence-electron chi connectivity index (χ1n) is 14.3. The summed E-state index contributed by atoms with van der Waals surface area (Å²) in [5.41, 5.74) is 4.40. The summed E-state index contributed by atoms with van der Waals surface area (Å²) in [5, 5.41) is 2.06. The maximum atomic E-state index is 12.3. The van der Waals surface area contributed by atoms with E-state index in [1.54, 1.807) is 44.2 Å². The van der Waals surface area contributed by atoms with Crippen molar-refractivity contribution in [3.05, 3.63) is 63.9 Å². The molecule has 4 rings (SSSR count). The quantitative estimate of drug-likeness (QED) is 0.156. The van der Waals surface area contributed by atoms with Crippen LogP contribution in [0.5, 0.6) is 5.75 Å². The largest absolute Gasteiger partial charge is 0.748 e. The minimum Gasteiger partial charge on any atom is -0.748 e. The number of rotatable bonds is 16. The Morgan fingerprint density at radius 3 is 2.61 bits per heavy atom. The van der Waals surface area contributed by atoms with E-state index in [1.807, 2.05) is 30.4 Å². The van der Waals surface area contributed by atoms with Crippen LogP contribution in [0, 0.1) is 0 Å². The average molecular weight is 686 g/mol. The number of thioether (sulfide) groups is 1. The van der Waals surface area contributed by atoms with Crippen molar-refractivity contribution >= 4 is 59.6 Å². The molecule has 1 aliphatic heterocycles. The molecule has 44 heavy (non-hydrogen) atoms. The highest BCUT2D eigenvalue weighted by Crippen LogP contribution is 2.43. The number of nitrogens with zero attached hydrogens (tertiary/aromatic N) is 2. The van der Waals surface area contributed by atoms with Crippen molar-refractivity contribution < 1.29 is 39.7 Å². The van der Waals surface area contributed by atoms with Crippen LogP contribution in [0.4, 0.5) is 0 Å². The fourth-order valence-corrected chi connectivity index (χ4v) is 8.84. The molecule has 2 aromatic rings. The van der Waals surface area contributed by atoms with Gasteiger partial charge < -0.3 is 18.9 Å². The van der Waals surface area contributed by atoms with Gasteiger partial charge in [0.2, 0.25) is 5.52 Å². The Bertz CT molecular complexity index is 1660. The standard InChI is InChI=1S/C29H39N3O8S4/c1-5-21(17-28-31(13-7-15-43(33,34)35)24-19-22(38-3)9-11-26(24)41-28)18-29-32(14-8-16-44(36,37)40-30-6-2)25-20-23(39-4)10-12-27(25)42-29/h9-12,17-20,24,26,30H,5-8,13-16H2,1-4H3. The number of fused-ring (bicyclic) bond motifs is 2. The lowest BCUT2D eigenvalue weighted by Crippen LogP contribution is -2.36. The van der Waals surface area contributed by atoms with Gasteiger partial charge in [-0.2, -0.15) is 22.7 Å². The lowest BCUT2D eigenvalue weighted by Gasteiger charge is -2.28. The van der Waals surface area contributed by atoms with Crippen LogP contribution >= 0.6 is 23.1 Å². The average Bonchev–Trinajstić information content (AvgIpc) is 3.50. The Kier molecular flexibility index (Phi) is 12.0. The summed E-state index contributed by atoms with van der Waals surface area (Å²) in [5.74, 6) is 0.880. The monoisotopic (exact) mass is 685 g/mol. The van der Waals surface area contributed by atoms with E-state index in [1.165, 1.54) is 0 Å². The molecular formula is C29H39N3O8S4. The number of hydrogen-bond acceptors (Lipinski definition) is 12. The molecule has 11 nitrogen and oxygen atoms in total. The van der Waals surface area contributed by atoms with Gasteiger partial charge in [0.25, 0.3) is 15.1 Å². The van der Waals surface area contributed by atoms with Crippen LogP contribution in [0.3, 0.4) is 0 Å². The third kappa shape index (κ3) is 9.08. The minimum atomic E-state index is -4.32. The summed E-state index contributed by atoms with van der Waals surface area (Å²) in [4.78, 5) is 2.14. The first-order chi connectivity index (χ1) is 21.0. The van der Waals surface area contributed by atoms with Crippen molar-refractivity contribution in [1.29, 1.82) is 0 Å². The first kappa shape index (κ1) is 34.5. The number of hydrogen-bond donors (Lipinski definition) is 1. The van der Waals surface area contributed by atoms with E-state index in [2.05, 4.69) is 40.1 Å². The van der Waals surface area contributed by atoms with E-state index in [-0.39, 0.29) is 23.5 Å².